The van der Waals surface area contributed by atoms with Gasteiger partial charge in [0.15, 0.2) is 0 Å². The van der Waals surface area contributed by atoms with Crippen LogP contribution in [0.4, 0.5) is 10.1 Å². The molecule has 24 heavy (non-hydrogen) atoms. The zero-order valence-electron chi connectivity index (χ0n) is 13.8. The third kappa shape index (κ3) is 3.22. The molecule has 3 aromatic rings. The Labute approximate surface area is 139 Å². The number of hydrogen-bond donors (Lipinski definition) is 1. The average molecular weight is 327 g/mol. The minimum atomic E-state index is -0.251. The second-order valence-electron chi connectivity index (χ2n) is 5.46. The molecule has 0 radical (unpaired) electrons. The van der Waals surface area contributed by atoms with Gasteiger partial charge in [-0.1, -0.05) is 17.3 Å². The van der Waals surface area contributed by atoms with Gasteiger partial charge in [-0.25, -0.2) is 9.37 Å². The van der Waals surface area contributed by atoms with Crippen molar-refractivity contribution in [3.05, 3.63) is 59.4 Å². The number of benzene rings is 1. The molecule has 0 saturated heterocycles. The molecule has 0 spiro atoms. The van der Waals surface area contributed by atoms with Gasteiger partial charge in [0.1, 0.15) is 11.6 Å². The van der Waals surface area contributed by atoms with Crippen molar-refractivity contribution in [2.24, 2.45) is 0 Å². The van der Waals surface area contributed by atoms with E-state index >= 15 is 0 Å². The lowest BCUT2D eigenvalue weighted by Gasteiger charge is -2.12. The molecule has 1 N–H and O–H groups in total. The van der Waals surface area contributed by atoms with Gasteiger partial charge in [0, 0.05) is 23.9 Å². The summed E-state index contributed by atoms with van der Waals surface area (Å²) in [7, 11) is 1.57. The lowest BCUT2D eigenvalue weighted by Crippen LogP contribution is -2.03. The monoisotopic (exact) mass is 327 g/mol. The highest BCUT2D eigenvalue weighted by Crippen LogP contribution is 2.32. The molecule has 0 amide bonds. The van der Waals surface area contributed by atoms with Gasteiger partial charge in [-0.15, -0.1) is 0 Å². The van der Waals surface area contributed by atoms with Crippen molar-refractivity contribution in [2.45, 2.75) is 20.4 Å². The van der Waals surface area contributed by atoms with Gasteiger partial charge >= 0.3 is 0 Å². The van der Waals surface area contributed by atoms with E-state index in [1.54, 1.807) is 25.4 Å². The summed E-state index contributed by atoms with van der Waals surface area (Å²) >= 11 is 0. The van der Waals surface area contributed by atoms with Gasteiger partial charge in [-0.05, 0) is 37.6 Å². The van der Waals surface area contributed by atoms with Crippen LogP contribution in [-0.2, 0) is 6.54 Å². The number of nitrogens with one attached hydrogen (secondary N) is 1. The predicted octanol–water partition coefficient (Wildman–Crippen LogP) is 4.11. The van der Waals surface area contributed by atoms with E-state index in [1.165, 1.54) is 12.1 Å². The van der Waals surface area contributed by atoms with E-state index in [0.717, 1.165) is 33.8 Å². The van der Waals surface area contributed by atoms with Crippen molar-refractivity contribution < 1.29 is 13.7 Å². The highest BCUT2D eigenvalue weighted by molar-refractivity contribution is 5.72. The SMILES string of the molecule is COc1ncc(-c2c(C)noc2C)cc1NCc1ccc(F)cc1. The van der Waals surface area contributed by atoms with Crippen molar-refractivity contribution >= 4 is 5.69 Å². The van der Waals surface area contributed by atoms with E-state index in [9.17, 15) is 4.39 Å². The maximum absolute atomic E-state index is 13.0. The number of methoxy groups -OCH3 is 1. The Balaban J connectivity index is 1.88. The molecule has 0 aliphatic rings. The van der Waals surface area contributed by atoms with Gasteiger partial charge in [0.2, 0.25) is 5.88 Å². The number of pyridine rings is 1. The van der Waals surface area contributed by atoms with Crippen molar-refractivity contribution in [1.82, 2.24) is 10.1 Å². The van der Waals surface area contributed by atoms with Crippen LogP contribution in [0.1, 0.15) is 17.0 Å². The Morgan fingerprint density at radius 3 is 2.58 bits per heavy atom. The number of aryl methyl sites for hydroxylation is 2. The Morgan fingerprint density at radius 1 is 1.21 bits per heavy atom. The summed E-state index contributed by atoms with van der Waals surface area (Å²) in [4.78, 5) is 4.35. The number of rotatable bonds is 5. The van der Waals surface area contributed by atoms with E-state index < -0.39 is 0 Å². The largest absolute Gasteiger partial charge is 0.480 e. The lowest BCUT2D eigenvalue weighted by molar-refractivity contribution is 0.393. The van der Waals surface area contributed by atoms with E-state index in [2.05, 4.69) is 15.5 Å². The number of anilines is 1. The third-order valence-electron chi connectivity index (χ3n) is 3.76. The smallest absolute Gasteiger partial charge is 0.237 e. The fourth-order valence-corrected chi connectivity index (χ4v) is 2.57. The highest BCUT2D eigenvalue weighted by atomic mass is 19.1. The molecule has 2 aromatic heterocycles. The average Bonchev–Trinajstić information content (AvgIpc) is 2.93. The van der Waals surface area contributed by atoms with Crippen LogP contribution in [0.5, 0.6) is 5.88 Å². The van der Waals surface area contributed by atoms with Gasteiger partial charge < -0.3 is 14.6 Å². The second-order valence-corrected chi connectivity index (χ2v) is 5.46. The zero-order valence-corrected chi connectivity index (χ0v) is 13.8. The van der Waals surface area contributed by atoms with Crippen molar-refractivity contribution in [2.75, 3.05) is 12.4 Å². The van der Waals surface area contributed by atoms with Crippen LogP contribution in [0.2, 0.25) is 0 Å². The molecule has 6 heteroatoms. The molecular formula is C18H18FN3O2. The summed E-state index contributed by atoms with van der Waals surface area (Å²) < 4.78 is 23.5. The first kappa shape index (κ1) is 16.0. The molecule has 0 fully saturated rings. The highest BCUT2D eigenvalue weighted by Gasteiger charge is 2.14. The number of hydrogen-bond acceptors (Lipinski definition) is 5. The fraction of sp³-hybridized carbons (Fsp3) is 0.222. The predicted molar refractivity (Wildman–Crippen MR) is 89.5 cm³/mol. The van der Waals surface area contributed by atoms with Crippen molar-refractivity contribution in [3.8, 4) is 17.0 Å². The molecule has 0 aliphatic carbocycles. The Kier molecular flexibility index (Phi) is 4.46. The first-order valence-corrected chi connectivity index (χ1v) is 7.54. The molecule has 124 valence electrons. The minimum absolute atomic E-state index is 0.251. The maximum Gasteiger partial charge on any atom is 0.237 e. The molecule has 0 aliphatic heterocycles. The topological polar surface area (TPSA) is 60.2 Å². The van der Waals surface area contributed by atoms with Crippen LogP contribution in [0.15, 0.2) is 41.1 Å². The molecule has 5 nitrogen and oxygen atoms in total. The molecule has 0 unspecified atom stereocenters. The summed E-state index contributed by atoms with van der Waals surface area (Å²) in [6.07, 6.45) is 1.73. The van der Waals surface area contributed by atoms with Crippen molar-refractivity contribution in [3.63, 3.8) is 0 Å². The maximum atomic E-state index is 13.0. The van der Waals surface area contributed by atoms with Gasteiger partial charge in [0.05, 0.1) is 18.5 Å². The number of aromatic nitrogens is 2. The fourth-order valence-electron chi connectivity index (χ4n) is 2.57. The number of nitrogens with zero attached hydrogens (tertiary/aromatic N) is 2. The van der Waals surface area contributed by atoms with Crippen LogP contribution in [0.25, 0.3) is 11.1 Å². The number of ether oxygens (including phenoxy) is 1. The Hall–Kier alpha value is -2.89. The standard InChI is InChI=1S/C18H18FN3O2/c1-11-17(12(2)24-22-11)14-8-16(18(23-3)21-10-14)20-9-13-4-6-15(19)7-5-13/h4-8,10,20H,9H2,1-3H3. The normalized spacial score (nSPS) is 10.7. The number of halogens is 1. The van der Waals surface area contributed by atoms with Crippen LogP contribution in [-0.4, -0.2) is 17.3 Å². The third-order valence-corrected chi connectivity index (χ3v) is 3.76. The first-order valence-electron chi connectivity index (χ1n) is 7.54. The van der Waals surface area contributed by atoms with Gasteiger partial charge in [-0.2, -0.15) is 0 Å². The second kappa shape index (κ2) is 6.70. The first-order chi connectivity index (χ1) is 11.6. The molecule has 0 bridgehead atoms. The molecule has 0 saturated carbocycles. The molecule has 1 aromatic carbocycles. The van der Waals surface area contributed by atoms with E-state index in [-0.39, 0.29) is 5.82 Å². The lowest BCUT2D eigenvalue weighted by atomic mass is 10.1. The van der Waals surface area contributed by atoms with Crippen LogP contribution >= 0.6 is 0 Å². The summed E-state index contributed by atoms with van der Waals surface area (Å²) in [6, 6.07) is 8.29. The van der Waals surface area contributed by atoms with E-state index in [4.69, 9.17) is 9.26 Å². The van der Waals surface area contributed by atoms with Gasteiger partial charge in [0.25, 0.3) is 0 Å². The van der Waals surface area contributed by atoms with Crippen molar-refractivity contribution in [1.29, 1.82) is 0 Å². The zero-order chi connectivity index (χ0) is 17.1. The molecule has 2 heterocycles. The van der Waals surface area contributed by atoms with Crippen LogP contribution < -0.4 is 10.1 Å². The summed E-state index contributed by atoms with van der Waals surface area (Å²) in [5.74, 6) is 0.981. The quantitative estimate of drug-likeness (QED) is 0.764. The van der Waals surface area contributed by atoms with E-state index in [1.807, 2.05) is 19.9 Å². The Bertz CT molecular complexity index is 824. The minimum Gasteiger partial charge on any atom is -0.480 e. The molecule has 3 rings (SSSR count). The summed E-state index contributed by atoms with van der Waals surface area (Å²) in [6.45, 7) is 4.29. The van der Waals surface area contributed by atoms with Crippen LogP contribution in [0.3, 0.4) is 0 Å². The molecular weight excluding hydrogens is 309 g/mol. The summed E-state index contributed by atoms with van der Waals surface area (Å²) in [5.41, 5.74) is 4.34. The molecule has 0 atom stereocenters. The van der Waals surface area contributed by atoms with Gasteiger partial charge in [-0.3, -0.25) is 0 Å². The van der Waals surface area contributed by atoms with Crippen LogP contribution in [0, 0.1) is 19.7 Å². The summed E-state index contributed by atoms with van der Waals surface area (Å²) in [5, 5.41) is 7.26. The Morgan fingerprint density at radius 2 is 1.96 bits per heavy atom. The van der Waals surface area contributed by atoms with E-state index in [0.29, 0.717) is 12.4 Å².